The molecule has 0 aliphatic carbocycles. The van der Waals surface area contributed by atoms with Gasteiger partial charge in [-0.15, -0.1) is 0 Å². The van der Waals surface area contributed by atoms with Crippen LogP contribution in [-0.2, 0) is 38.1 Å². The zero-order valence-corrected chi connectivity index (χ0v) is 26.7. The van der Waals surface area contributed by atoms with E-state index >= 15 is 0 Å². The van der Waals surface area contributed by atoms with Gasteiger partial charge in [0.25, 0.3) is 5.56 Å². The van der Waals surface area contributed by atoms with Gasteiger partial charge in [-0.3, -0.25) is 29.3 Å². The molecule has 2 aromatic heterocycles. The molecular weight excluding hydrogens is 600 g/mol. The molecule has 3 fully saturated rings. The molecule has 2 amide bonds. The molecule has 0 unspecified atom stereocenters. The van der Waals surface area contributed by atoms with Crippen molar-refractivity contribution in [3.05, 3.63) is 52.6 Å². The molecule has 246 valence electrons. The molecule has 15 nitrogen and oxygen atoms in total. The minimum atomic E-state index is -1.10. The summed E-state index contributed by atoms with van der Waals surface area (Å²) >= 11 is 0. The summed E-state index contributed by atoms with van der Waals surface area (Å²) in [5.74, 6) is -2.60. The number of carbonyl (C=O) groups is 3. The van der Waals surface area contributed by atoms with Gasteiger partial charge in [-0.25, -0.2) is 9.78 Å². The number of benzene rings is 1. The van der Waals surface area contributed by atoms with Crippen LogP contribution >= 0.6 is 0 Å². The maximum absolute atomic E-state index is 13.6. The zero-order chi connectivity index (χ0) is 33.1. The maximum Gasteiger partial charge on any atom is 0.338 e. The third kappa shape index (κ3) is 5.68. The van der Waals surface area contributed by atoms with Crippen molar-refractivity contribution in [2.75, 3.05) is 11.9 Å². The van der Waals surface area contributed by atoms with Crippen LogP contribution in [0.3, 0.4) is 0 Å². The lowest BCUT2D eigenvalue weighted by atomic mass is 10.00. The van der Waals surface area contributed by atoms with Crippen molar-refractivity contribution < 1.29 is 38.1 Å². The maximum atomic E-state index is 13.6. The molecule has 0 radical (unpaired) electrons. The van der Waals surface area contributed by atoms with Gasteiger partial charge in [-0.1, -0.05) is 44.2 Å². The topological polar surface area (TPSA) is 176 Å². The van der Waals surface area contributed by atoms with Crippen molar-refractivity contribution in [1.29, 1.82) is 0 Å². The first-order valence-electron chi connectivity index (χ1n) is 15.1. The van der Waals surface area contributed by atoms with E-state index in [1.54, 1.807) is 51.0 Å². The second-order valence-electron chi connectivity index (χ2n) is 12.9. The van der Waals surface area contributed by atoms with Gasteiger partial charge in [-0.05, 0) is 33.3 Å². The quantitative estimate of drug-likeness (QED) is 0.364. The Bertz CT molecular complexity index is 1720. The van der Waals surface area contributed by atoms with Gasteiger partial charge in [0.15, 0.2) is 29.3 Å². The Hall–Kier alpha value is -4.18. The number of imidazole rings is 1. The molecular formula is C31H38N6O9. The first kappa shape index (κ1) is 31.8. The number of nitrogens with zero attached hydrogens (tertiary/aromatic N) is 4. The molecule has 6 atom stereocenters. The number of rotatable bonds is 7. The molecule has 3 saturated heterocycles. The summed E-state index contributed by atoms with van der Waals surface area (Å²) in [5, 5.41) is 2.60. The highest BCUT2D eigenvalue weighted by atomic mass is 16.8. The van der Waals surface area contributed by atoms with E-state index in [0.29, 0.717) is 0 Å². The molecule has 6 rings (SSSR count). The van der Waals surface area contributed by atoms with Crippen molar-refractivity contribution in [3.8, 4) is 0 Å². The lowest BCUT2D eigenvalue weighted by Crippen LogP contribution is -2.43. The smallest absolute Gasteiger partial charge is 0.338 e. The fourth-order valence-electron chi connectivity index (χ4n) is 6.32. The SMILES string of the molecule is CC(=O)N1[C@@H](c2ccccc2)[C@H](C(=O)OC[C@H]2O[C@@H](n3cnc4c(=O)[nH]c(NC(=O)C(C)C)nc43)[C@@H]3OC(C)(C)O[C@@H]32)OC1(C)C. The first-order valence-corrected chi connectivity index (χ1v) is 15.1. The van der Waals surface area contributed by atoms with E-state index < -0.39 is 59.7 Å². The average molecular weight is 639 g/mol. The Morgan fingerprint density at radius 2 is 1.76 bits per heavy atom. The Kier molecular flexibility index (Phi) is 7.99. The summed E-state index contributed by atoms with van der Waals surface area (Å²) < 4.78 is 32.2. The second kappa shape index (κ2) is 11.6. The van der Waals surface area contributed by atoms with Crippen LogP contribution in [0.25, 0.3) is 11.2 Å². The van der Waals surface area contributed by atoms with Gasteiger partial charge in [0.05, 0.1) is 12.4 Å². The molecule has 1 aromatic carbocycles. The summed E-state index contributed by atoms with van der Waals surface area (Å²) in [6.45, 7) is 11.6. The number of anilines is 1. The van der Waals surface area contributed by atoms with E-state index in [9.17, 15) is 19.2 Å². The second-order valence-corrected chi connectivity index (χ2v) is 12.9. The molecule has 0 spiro atoms. The van der Waals surface area contributed by atoms with Gasteiger partial charge in [-0.2, -0.15) is 4.98 Å². The Morgan fingerprint density at radius 1 is 1.07 bits per heavy atom. The fraction of sp³-hybridized carbons (Fsp3) is 0.548. The Labute approximate surface area is 264 Å². The van der Waals surface area contributed by atoms with Crippen LogP contribution in [0.1, 0.15) is 66.3 Å². The standard InChI is InChI=1S/C31H38N6O9/c1-15(2)25(39)34-29-33-24-19(26(40)35-29)32-14-36(24)27-23-21(45-31(6,7)46-23)18(43-27)13-42-28(41)22-20(17-11-9-8-10-12-17)37(16(3)38)30(4,5)44-22/h8-12,14-15,18,20-23,27H,13H2,1-7H3,(H2,33,34,35,39,40)/t18-,20+,21-,22-,23-,27-/m1/s1. The Morgan fingerprint density at radius 3 is 2.43 bits per heavy atom. The van der Waals surface area contributed by atoms with Crippen molar-refractivity contribution in [2.24, 2.45) is 5.92 Å². The van der Waals surface area contributed by atoms with E-state index in [1.165, 1.54) is 13.3 Å². The third-order valence-corrected chi connectivity index (χ3v) is 8.26. The normalized spacial score (nSPS) is 28.0. The highest BCUT2D eigenvalue weighted by Gasteiger charge is 2.57. The van der Waals surface area contributed by atoms with Crippen LogP contribution in [0.5, 0.6) is 0 Å². The number of nitrogens with one attached hydrogen (secondary N) is 2. The van der Waals surface area contributed by atoms with Crippen molar-refractivity contribution in [3.63, 3.8) is 0 Å². The molecule has 3 aromatic rings. The average Bonchev–Trinajstić information content (AvgIpc) is 3.70. The van der Waals surface area contributed by atoms with Crippen molar-refractivity contribution >= 4 is 34.9 Å². The summed E-state index contributed by atoms with van der Waals surface area (Å²) in [4.78, 5) is 64.2. The van der Waals surface area contributed by atoms with Gasteiger partial charge in [0, 0.05) is 12.8 Å². The highest BCUT2D eigenvalue weighted by Crippen LogP contribution is 2.45. The van der Waals surface area contributed by atoms with E-state index in [-0.39, 0.29) is 41.5 Å². The largest absolute Gasteiger partial charge is 0.461 e. The number of hydrogen-bond donors (Lipinski definition) is 2. The van der Waals surface area contributed by atoms with Crippen LogP contribution in [0.2, 0.25) is 0 Å². The molecule has 15 heteroatoms. The molecule has 46 heavy (non-hydrogen) atoms. The minimum Gasteiger partial charge on any atom is -0.461 e. The van der Waals surface area contributed by atoms with Gasteiger partial charge in [0.2, 0.25) is 17.8 Å². The van der Waals surface area contributed by atoms with Gasteiger partial charge in [0.1, 0.15) is 30.6 Å². The number of aromatic amines is 1. The molecule has 3 aliphatic heterocycles. The molecule has 5 heterocycles. The lowest BCUT2D eigenvalue weighted by molar-refractivity contribution is -0.203. The van der Waals surface area contributed by atoms with E-state index in [4.69, 9.17) is 23.7 Å². The predicted octanol–water partition coefficient (Wildman–Crippen LogP) is 2.40. The van der Waals surface area contributed by atoms with Crippen molar-refractivity contribution in [2.45, 2.75) is 96.7 Å². The van der Waals surface area contributed by atoms with Crippen LogP contribution in [0.4, 0.5) is 5.95 Å². The number of amides is 2. The van der Waals surface area contributed by atoms with Crippen LogP contribution in [0.15, 0.2) is 41.5 Å². The zero-order valence-electron chi connectivity index (χ0n) is 26.7. The predicted molar refractivity (Wildman–Crippen MR) is 161 cm³/mol. The van der Waals surface area contributed by atoms with Gasteiger partial charge >= 0.3 is 5.97 Å². The third-order valence-electron chi connectivity index (χ3n) is 8.26. The first-order chi connectivity index (χ1) is 21.7. The van der Waals surface area contributed by atoms with Gasteiger partial charge < -0.3 is 28.6 Å². The number of carbonyl (C=O) groups excluding carboxylic acids is 3. The summed E-state index contributed by atoms with van der Waals surface area (Å²) in [6, 6.07) is 8.47. The summed E-state index contributed by atoms with van der Waals surface area (Å²) in [5.41, 5.74) is -0.676. The number of fused-ring (bicyclic) bond motifs is 2. The fourth-order valence-corrected chi connectivity index (χ4v) is 6.32. The minimum absolute atomic E-state index is 0.0334. The van der Waals surface area contributed by atoms with Crippen LogP contribution in [0, 0.1) is 5.92 Å². The summed E-state index contributed by atoms with van der Waals surface area (Å²) in [6.07, 6.45) is -2.69. The molecule has 0 bridgehead atoms. The van der Waals surface area contributed by atoms with E-state index in [2.05, 4.69) is 20.3 Å². The van der Waals surface area contributed by atoms with Crippen molar-refractivity contribution in [1.82, 2.24) is 24.4 Å². The number of esters is 1. The Balaban J connectivity index is 1.25. The number of aromatic nitrogens is 4. The number of hydrogen-bond acceptors (Lipinski definition) is 11. The number of H-pyrrole nitrogens is 1. The van der Waals surface area contributed by atoms with Crippen LogP contribution in [-0.4, -0.2) is 84.7 Å². The molecule has 0 saturated carbocycles. The molecule has 3 aliphatic rings. The lowest BCUT2D eigenvalue weighted by Gasteiger charge is -2.32. The number of ether oxygens (including phenoxy) is 5. The highest BCUT2D eigenvalue weighted by molar-refractivity contribution is 5.91. The van der Waals surface area contributed by atoms with E-state index in [1.807, 2.05) is 30.3 Å². The van der Waals surface area contributed by atoms with Crippen LogP contribution < -0.4 is 10.9 Å². The molecule has 2 N–H and O–H groups in total. The summed E-state index contributed by atoms with van der Waals surface area (Å²) in [7, 11) is 0. The monoisotopic (exact) mass is 638 g/mol. The van der Waals surface area contributed by atoms with E-state index in [0.717, 1.165) is 5.56 Å².